The second-order valence-corrected chi connectivity index (χ2v) is 8.29. The van der Waals surface area contributed by atoms with Gasteiger partial charge in [0.15, 0.2) is 0 Å². The maximum absolute atomic E-state index is 13.4. The molecular formula is C21H20ClNO4S. The second-order valence-electron chi connectivity index (χ2n) is 5.99. The van der Waals surface area contributed by atoms with Gasteiger partial charge in [-0.15, -0.1) is 0 Å². The van der Waals surface area contributed by atoms with Crippen LogP contribution in [0.3, 0.4) is 0 Å². The molecule has 146 valence electrons. The fraction of sp³-hybridized carbons (Fsp3) is 0.143. The molecule has 0 aliphatic heterocycles. The Morgan fingerprint density at radius 3 is 2.18 bits per heavy atom. The van der Waals surface area contributed by atoms with Crippen molar-refractivity contribution in [1.82, 2.24) is 0 Å². The van der Waals surface area contributed by atoms with E-state index < -0.39 is 10.0 Å². The molecule has 0 aromatic heterocycles. The zero-order chi connectivity index (χ0) is 20.1. The lowest BCUT2D eigenvalue weighted by atomic mass is 10.2. The Labute approximate surface area is 170 Å². The van der Waals surface area contributed by atoms with Gasteiger partial charge >= 0.3 is 0 Å². The maximum atomic E-state index is 13.4. The van der Waals surface area contributed by atoms with Crippen LogP contribution in [0.2, 0.25) is 5.02 Å². The van der Waals surface area contributed by atoms with E-state index in [2.05, 4.69) is 0 Å². The van der Waals surface area contributed by atoms with E-state index in [0.29, 0.717) is 22.2 Å². The number of methoxy groups -OCH3 is 2. The molecule has 28 heavy (non-hydrogen) atoms. The van der Waals surface area contributed by atoms with Crippen LogP contribution < -0.4 is 13.8 Å². The first kappa shape index (κ1) is 20.0. The van der Waals surface area contributed by atoms with Crippen molar-refractivity contribution in [2.45, 2.75) is 11.4 Å². The average Bonchev–Trinajstić information content (AvgIpc) is 2.73. The van der Waals surface area contributed by atoms with Crippen molar-refractivity contribution >= 4 is 27.3 Å². The summed E-state index contributed by atoms with van der Waals surface area (Å²) in [6.45, 7) is 0.122. The van der Waals surface area contributed by atoms with Crippen molar-refractivity contribution in [3.8, 4) is 11.5 Å². The van der Waals surface area contributed by atoms with Crippen LogP contribution >= 0.6 is 11.6 Å². The quantitative estimate of drug-likeness (QED) is 0.556. The second kappa shape index (κ2) is 8.54. The van der Waals surface area contributed by atoms with Crippen LogP contribution in [0.1, 0.15) is 5.56 Å². The molecule has 0 fully saturated rings. The highest BCUT2D eigenvalue weighted by Crippen LogP contribution is 2.36. The first-order valence-corrected chi connectivity index (χ1v) is 10.3. The minimum Gasteiger partial charge on any atom is -0.497 e. The molecule has 0 bridgehead atoms. The lowest BCUT2D eigenvalue weighted by Crippen LogP contribution is -2.31. The predicted molar refractivity (Wildman–Crippen MR) is 111 cm³/mol. The summed E-state index contributed by atoms with van der Waals surface area (Å²) in [4.78, 5) is 0.196. The third kappa shape index (κ3) is 4.24. The van der Waals surface area contributed by atoms with Crippen molar-refractivity contribution < 1.29 is 17.9 Å². The molecule has 0 spiro atoms. The van der Waals surface area contributed by atoms with Gasteiger partial charge in [-0.05, 0) is 42.0 Å². The van der Waals surface area contributed by atoms with Crippen LogP contribution in [0, 0.1) is 0 Å². The molecule has 3 rings (SSSR count). The predicted octanol–water partition coefficient (Wildman–Crippen LogP) is 4.75. The van der Waals surface area contributed by atoms with Gasteiger partial charge in [-0.3, -0.25) is 4.31 Å². The fourth-order valence-electron chi connectivity index (χ4n) is 2.77. The van der Waals surface area contributed by atoms with Crippen LogP contribution in [0.4, 0.5) is 5.69 Å². The van der Waals surface area contributed by atoms with E-state index in [-0.39, 0.29) is 11.4 Å². The SMILES string of the molecule is COc1ccc(N(Cc2ccc(Cl)cc2)S(=O)(=O)c2ccccc2)c(OC)c1. The highest BCUT2D eigenvalue weighted by atomic mass is 35.5. The first-order chi connectivity index (χ1) is 13.5. The Kier molecular flexibility index (Phi) is 6.11. The Balaban J connectivity index is 2.13. The van der Waals surface area contributed by atoms with Crippen LogP contribution in [0.25, 0.3) is 0 Å². The van der Waals surface area contributed by atoms with Gasteiger partial charge in [0, 0.05) is 11.1 Å². The van der Waals surface area contributed by atoms with E-state index in [9.17, 15) is 8.42 Å². The Bertz CT molecular complexity index is 1040. The number of ether oxygens (including phenoxy) is 2. The zero-order valence-electron chi connectivity index (χ0n) is 15.5. The van der Waals surface area contributed by atoms with Gasteiger partial charge in [-0.2, -0.15) is 0 Å². The molecule has 0 saturated carbocycles. The highest BCUT2D eigenvalue weighted by Gasteiger charge is 2.27. The molecule has 0 radical (unpaired) electrons. The van der Waals surface area contributed by atoms with Crippen molar-refractivity contribution in [2.24, 2.45) is 0 Å². The number of hydrogen-bond acceptors (Lipinski definition) is 4. The highest BCUT2D eigenvalue weighted by molar-refractivity contribution is 7.92. The van der Waals surface area contributed by atoms with Gasteiger partial charge in [-0.1, -0.05) is 41.9 Å². The van der Waals surface area contributed by atoms with Crippen LogP contribution in [-0.4, -0.2) is 22.6 Å². The largest absolute Gasteiger partial charge is 0.497 e. The topological polar surface area (TPSA) is 55.8 Å². The molecule has 0 unspecified atom stereocenters. The molecule has 0 N–H and O–H groups in total. The molecule has 5 nitrogen and oxygen atoms in total. The number of benzene rings is 3. The van der Waals surface area contributed by atoms with Crippen LogP contribution in [0.5, 0.6) is 11.5 Å². The number of sulfonamides is 1. The van der Waals surface area contributed by atoms with Gasteiger partial charge in [0.2, 0.25) is 0 Å². The summed E-state index contributed by atoms with van der Waals surface area (Å²) in [6, 6.07) is 20.4. The monoisotopic (exact) mass is 417 g/mol. The molecule has 0 saturated heterocycles. The summed E-state index contributed by atoms with van der Waals surface area (Å²) in [5, 5.41) is 0.586. The first-order valence-electron chi connectivity index (χ1n) is 8.50. The lowest BCUT2D eigenvalue weighted by molar-refractivity contribution is 0.394. The molecule has 3 aromatic rings. The van der Waals surface area contributed by atoms with Crippen molar-refractivity contribution in [2.75, 3.05) is 18.5 Å². The van der Waals surface area contributed by atoms with Crippen LogP contribution in [-0.2, 0) is 16.6 Å². The summed E-state index contributed by atoms with van der Waals surface area (Å²) < 4.78 is 38.9. The summed E-state index contributed by atoms with van der Waals surface area (Å²) in [5.74, 6) is 0.969. The number of anilines is 1. The van der Waals surface area contributed by atoms with Gasteiger partial charge in [0.25, 0.3) is 10.0 Å². The third-order valence-corrected chi connectivity index (χ3v) is 6.25. The van der Waals surface area contributed by atoms with Crippen molar-refractivity contribution in [3.63, 3.8) is 0 Å². The third-order valence-electron chi connectivity index (χ3n) is 4.23. The molecular weight excluding hydrogens is 398 g/mol. The smallest absolute Gasteiger partial charge is 0.264 e. The van der Waals surface area contributed by atoms with Gasteiger partial charge in [0.05, 0.1) is 31.3 Å². The number of nitrogens with zero attached hydrogens (tertiary/aromatic N) is 1. The summed E-state index contributed by atoms with van der Waals surface area (Å²) in [5.41, 5.74) is 1.21. The lowest BCUT2D eigenvalue weighted by Gasteiger charge is -2.26. The van der Waals surface area contributed by atoms with E-state index in [0.717, 1.165) is 5.56 Å². The molecule has 0 heterocycles. The molecule has 7 heteroatoms. The molecule has 3 aromatic carbocycles. The number of hydrogen-bond donors (Lipinski definition) is 0. The molecule has 0 amide bonds. The summed E-state index contributed by atoms with van der Waals surface area (Å²) in [6.07, 6.45) is 0. The zero-order valence-corrected chi connectivity index (χ0v) is 17.1. The van der Waals surface area contributed by atoms with E-state index in [1.807, 2.05) is 0 Å². The number of rotatable bonds is 7. The normalized spacial score (nSPS) is 11.1. The van der Waals surface area contributed by atoms with E-state index in [1.165, 1.54) is 11.4 Å². The number of halogens is 1. The minimum absolute atomic E-state index is 0.122. The summed E-state index contributed by atoms with van der Waals surface area (Å²) >= 11 is 5.97. The van der Waals surface area contributed by atoms with Crippen LogP contribution in [0.15, 0.2) is 77.7 Å². The van der Waals surface area contributed by atoms with E-state index in [4.69, 9.17) is 21.1 Å². The average molecular weight is 418 g/mol. The standard InChI is InChI=1S/C21H20ClNO4S/c1-26-18-12-13-20(21(14-18)27-2)23(15-16-8-10-17(22)11-9-16)28(24,25)19-6-4-3-5-7-19/h3-14H,15H2,1-2H3. The Morgan fingerprint density at radius 1 is 0.893 bits per heavy atom. The molecule has 0 aliphatic rings. The van der Waals surface area contributed by atoms with Crippen molar-refractivity contribution in [1.29, 1.82) is 0 Å². The van der Waals surface area contributed by atoms with E-state index in [1.54, 1.807) is 79.9 Å². The van der Waals surface area contributed by atoms with Gasteiger partial charge in [-0.25, -0.2) is 8.42 Å². The molecule has 0 atom stereocenters. The van der Waals surface area contributed by atoms with Crippen molar-refractivity contribution in [3.05, 3.63) is 83.4 Å². The Morgan fingerprint density at radius 2 is 1.57 bits per heavy atom. The van der Waals surface area contributed by atoms with Gasteiger partial charge < -0.3 is 9.47 Å². The summed E-state index contributed by atoms with van der Waals surface area (Å²) in [7, 11) is -0.799. The van der Waals surface area contributed by atoms with E-state index >= 15 is 0 Å². The maximum Gasteiger partial charge on any atom is 0.264 e. The Hall–Kier alpha value is -2.70. The molecule has 0 aliphatic carbocycles. The van der Waals surface area contributed by atoms with Gasteiger partial charge in [0.1, 0.15) is 11.5 Å². The minimum atomic E-state index is -3.84. The fourth-order valence-corrected chi connectivity index (χ4v) is 4.38.